The molecule has 2 heterocycles. The highest BCUT2D eigenvalue weighted by atomic mass is 16.5. The molecule has 1 unspecified atom stereocenters. The number of nitrogens with one attached hydrogen (secondary N) is 1. The lowest BCUT2D eigenvalue weighted by atomic mass is 10.1. The molecule has 2 aliphatic heterocycles. The number of hydrogen-bond acceptors (Lipinski definition) is 4. The van der Waals surface area contributed by atoms with Gasteiger partial charge < -0.3 is 19.9 Å². The van der Waals surface area contributed by atoms with Gasteiger partial charge >= 0.3 is 0 Å². The van der Waals surface area contributed by atoms with Gasteiger partial charge in [-0.15, -0.1) is 0 Å². The highest BCUT2D eigenvalue weighted by Gasteiger charge is 2.32. The van der Waals surface area contributed by atoms with Crippen LogP contribution in [-0.2, 0) is 16.0 Å². The molecule has 2 aromatic rings. The van der Waals surface area contributed by atoms with Gasteiger partial charge in [0.1, 0.15) is 5.75 Å². The van der Waals surface area contributed by atoms with Crippen LogP contribution in [0.15, 0.2) is 42.5 Å². The largest absolute Gasteiger partial charge is 0.479 e. The maximum Gasteiger partial charge on any atom is 0.267 e. The van der Waals surface area contributed by atoms with Crippen LogP contribution in [0.3, 0.4) is 0 Å². The molecule has 0 aliphatic carbocycles. The summed E-state index contributed by atoms with van der Waals surface area (Å²) in [5, 5.41) is 2.98. The Morgan fingerprint density at radius 2 is 1.81 bits per heavy atom. The molecule has 1 fully saturated rings. The second kappa shape index (κ2) is 10.2. The topological polar surface area (TPSA) is 61.9 Å². The molecule has 0 radical (unpaired) electrons. The van der Waals surface area contributed by atoms with E-state index in [-0.39, 0.29) is 11.8 Å². The Morgan fingerprint density at radius 1 is 1.06 bits per heavy atom. The Bertz CT molecular complexity index is 951. The van der Waals surface area contributed by atoms with E-state index in [9.17, 15) is 9.59 Å². The van der Waals surface area contributed by atoms with E-state index in [1.807, 2.05) is 23.1 Å². The van der Waals surface area contributed by atoms with Crippen LogP contribution in [-0.4, -0.2) is 49.0 Å². The minimum absolute atomic E-state index is 0.0302. The first kappa shape index (κ1) is 22.3. The molecule has 170 valence electrons. The number of carbonyl (C=O) groups is 2. The van der Waals surface area contributed by atoms with Crippen LogP contribution in [0.2, 0.25) is 0 Å². The van der Waals surface area contributed by atoms with Crippen molar-refractivity contribution in [3.63, 3.8) is 0 Å². The minimum atomic E-state index is -0.501. The van der Waals surface area contributed by atoms with Gasteiger partial charge in [-0.1, -0.05) is 36.2 Å². The van der Waals surface area contributed by atoms with Gasteiger partial charge in [-0.25, -0.2) is 0 Å². The molecular formula is C26H33N3O3. The van der Waals surface area contributed by atoms with Crippen molar-refractivity contribution in [2.24, 2.45) is 0 Å². The van der Waals surface area contributed by atoms with Crippen LogP contribution in [0.1, 0.15) is 43.7 Å². The summed E-state index contributed by atoms with van der Waals surface area (Å²) in [6.45, 7) is 7.52. The van der Waals surface area contributed by atoms with Gasteiger partial charge in [-0.05, 0) is 70.0 Å². The Balaban J connectivity index is 1.41. The highest BCUT2D eigenvalue weighted by molar-refractivity contribution is 6.01. The van der Waals surface area contributed by atoms with Gasteiger partial charge in [-0.3, -0.25) is 9.59 Å². The maximum atomic E-state index is 12.9. The van der Waals surface area contributed by atoms with E-state index in [0.717, 1.165) is 30.9 Å². The third-order valence-electron chi connectivity index (χ3n) is 6.30. The summed E-state index contributed by atoms with van der Waals surface area (Å²) in [6.07, 6.45) is 4.34. The van der Waals surface area contributed by atoms with Crippen molar-refractivity contribution in [3.8, 4) is 5.75 Å². The number of hydrogen-bond donors (Lipinski definition) is 1. The average Bonchev–Trinajstić information content (AvgIpc) is 2.80. The van der Waals surface area contributed by atoms with Crippen LogP contribution < -0.4 is 15.0 Å². The zero-order valence-corrected chi connectivity index (χ0v) is 19.1. The summed E-state index contributed by atoms with van der Waals surface area (Å²) >= 11 is 0. The molecular weight excluding hydrogens is 402 g/mol. The lowest BCUT2D eigenvalue weighted by Gasteiger charge is -2.35. The van der Waals surface area contributed by atoms with Crippen molar-refractivity contribution >= 4 is 23.2 Å². The van der Waals surface area contributed by atoms with E-state index in [0.29, 0.717) is 30.8 Å². The van der Waals surface area contributed by atoms with E-state index in [2.05, 4.69) is 41.4 Å². The number of amides is 2. The number of nitrogens with zero attached hydrogens (tertiary/aromatic N) is 2. The van der Waals surface area contributed by atoms with Crippen molar-refractivity contribution in [2.75, 3.05) is 36.4 Å². The molecule has 2 amide bonds. The smallest absolute Gasteiger partial charge is 0.267 e. The standard InChI is InChI=1S/C26H33N3O3/c1-19-6-8-21(9-7-19)10-13-25(30)27-22-11-12-24-23(18-22)29(26(31)20(2)32-24)17-16-28-14-4-3-5-15-28/h6-9,11-12,18,20H,3-5,10,13-17H2,1-2H3,(H,27,30). The van der Waals surface area contributed by atoms with Gasteiger partial charge in [0.15, 0.2) is 6.10 Å². The van der Waals surface area contributed by atoms with E-state index in [4.69, 9.17) is 4.74 Å². The van der Waals surface area contributed by atoms with Gasteiger partial charge in [0, 0.05) is 25.2 Å². The van der Waals surface area contributed by atoms with Crippen molar-refractivity contribution in [1.29, 1.82) is 0 Å². The summed E-state index contributed by atoms with van der Waals surface area (Å²) < 4.78 is 5.82. The van der Waals surface area contributed by atoms with Crippen LogP contribution >= 0.6 is 0 Å². The molecule has 1 saturated heterocycles. The van der Waals surface area contributed by atoms with Crippen molar-refractivity contribution in [1.82, 2.24) is 4.90 Å². The predicted molar refractivity (Wildman–Crippen MR) is 127 cm³/mol. The fourth-order valence-corrected chi connectivity index (χ4v) is 4.38. The molecule has 2 aliphatic rings. The predicted octanol–water partition coefficient (Wildman–Crippen LogP) is 4.17. The normalized spacial score (nSPS) is 18.8. The molecule has 0 bridgehead atoms. The lowest BCUT2D eigenvalue weighted by Crippen LogP contribution is -2.48. The van der Waals surface area contributed by atoms with Crippen LogP contribution in [0.25, 0.3) is 0 Å². The fraction of sp³-hybridized carbons (Fsp3) is 0.462. The molecule has 4 rings (SSSR count). The van der Waals surface area contributed by atoms with E-state index in [1.165, 1.54) is 24.8 Å². The first-order valence-corrected chi connectivity index (χ1v) is 11.7. The second-order valence-corrected chi connectivity index (χ2v) is 8.87. The number of anilines is 2. The summed E-state index contributed by atoms with van der Waals surface area (Å²) in [5.41, 5.74) is 3.78. The van der Waals surface area contributed by atoms with E-state index >= 15 is 0 Å². The summed E-state index contributed by atoms with van der Waals surface area (Å²) in [6, 6.07) is 13.8. The molecule has 6 nitrogen and oxygen atoms in total. The number of benzene rings is 2. The van der Waals surface area contributed by atoms with Crippen LogP contribution in [0, 0.1) is 6.92 Å². The minimum Gasteiger partial charge on any atom is -0.479 e. The molecule has 2 aromatic carbocycles. The Hall–Kier alpha value is -2.86. The molecule has 32 heavy (non-hydrogen) atoms. The number of ether oxygens (including phenoxy) is 1. The molecule has 0 saturated carbocycles. The maximum absolute atomic E-state index is 12.9. The van der Waals surface area contributed by atoms with Crippen molar-refractivity contribution < 1.29 is 14.3 Å². The average molecular weight is 436 g/mol. The van der Waals surface area contributed by atoms with Gasteiger partial charge in [0.2, 0.25) is 5.91 Å². The third kappa shape index (κ3) is 5.49. The summed E-state index contributed by atoms with van der Waals surface area (Å²) in [4.78, 5) is 29.6. The summed E-state index contributed by atoms with van der Waals surface area (Å²) in [5.74, 6) is 0.618. The van der Waals surface area contributed by atoms with Gasteiger partial charge in [-0.2, -0.15) is 0 Å². The van der Waals surface area contributed by atoms with E-state index < -0.39 is 6.10 Å². The van der Waals surface area contributed by atoms with Gasteiger partial charge in [0.25, 0.3) is 5.91 Å². The zero-order valence-electron chi connectivity index (χ0n) is 19.1. The molecule has 1 N–H and O–H groups in total. The first-order chi connectivity index (χ1) is 15.5. The fourth-order valence-electron chi connectivity index (χ4n) is 4.38. The Labute approximate surface area is 190 Å². The Morgan fingerprint density at radius 3 is 2.56 bits per heavy atom. The third-order valence-corrected chi connectivity index (χ3v) is 6.30. The van der Waals surface area contributed by atoms with Crippen molar-refractivity contribution in [2.45, 2.75) is 52.1 Å². The van der Waals surface area contributed by atoms with Crippen LogP contribution in [0.5, 0.6) is 5.75 Å². The number of rotatable bonds is 7. The molecule has 0 spiro atoms. The lowest BCUT2D eigenvalue weighted by molar-refractivity contribution is -0.125. The molecule has 6 heteroatoms. The Kier molecular flexibility index (Phi) is 7.10. The number of aryl methyl sites for hydroxylation is 2. The van der Waals surface area contributed by atoms with Crippen molar-refractivity contribution in [3.05, 3.63) is 53.6 Å². The number of carbonyl (C=O) groups excluding carboxylic acids is 2. The molecule has 0 aromatic heterocycles. The number of piperidine rings is 1. The highest BCUT2D eigenvalue weighted by Crippen LogP contribution is 2.36. The quantitative estimate of drug-likeness (QED) is 0.709. The second-order valence-electron chi connectivity index (χ2n) is 8.87. The zero-order chi connectivity index (χ0) is 22.5. The summed E-state index contributed by atoms with van der Waals surface area (Å²) in [7, 11) is 0. The number of likely N-dealkylation sites (tertiary alicyclic amines) is 1. The monoisotopic (exact) mass is 435 g/mol. The SMILES string of the molecule is Cc1ccc(CCC(=O)Nc2ccc3c(c2)N(CCN2CCCCC2)C(=O)C(C)O3)cc1. The molecule has 1 atom stereocenters. The first-order valence-electron chi connectivity index (χ1n) is 11.7. The van der Waals surface area contributed by atoms with Gasteiger partial charge in [0.05, 0.1) is 5.69 Å². The number of fused-ring (bicyclic) bond motifs is 1. The van der Waals surface area contributed by atoms with E-state index in [1.54, 1.807) is 6.92 Å². The van der Waals surface area contributed by atoms with Crippen LogP contribution in [0.4, 0.5) is 11.4 Å².